The SMILES string of the molecule is Cl.NCC1C=Cc2ccccc2O1. The number of benzene rings is 1. The average Bonchev–Trinajstić information content (AvgIpc) is 2.17. The zero-order chi connectivity index (χ0) is 8.39. The van der Waals surface area contributed by atoms with Crippen LogP contribution in [0.1, 0.15) is 5.56 Å². The molecular weight excluding hydrogens is 186 g/mol. The summed E-state index contributed by atoms with van der Waals surface area (Å²) < 4.78 is 5.57. The second kappa shape index (κ2) is 4.30. The van der Waals surface area contributed by atoms with Crippen molar-refractivity contribution in [3.63, 3.8) is 0 Å². The third kappa shape index (κ3) is 2.02. The van der Waals surface area contributed by atoms with Gasteiger partial charge < -0.3 is 10.5 Å². The molecule has 1 aromatic rings. The van der Waals surface area contributed by atoms with Crippen molar-refractivity contribution >= 4 is 18.5 Å². The second-order valence-corrected chi connectivity index (χ2v) is 2.79. The van der Waals surface area contributed by atoms with Crippen molar-refractivity contribution in [1.82, 2.24) is 0 Å². The largest absolute Gasteiger partial charge is 0.484 e. The maximum absolute atomic E-state index is 5.57. The highest BCUT2D eigenvalue weighted by Gasteiger charge is 2.11. The van der Waals surface area contributed by atoms with Crippen LogP contribution < -0.4 is 10.5 Å². The van der Waals surface area contributed by atoms with Crippen molar-refractivity contribution in [1.29, 1.82) is 0 Å². The van der Waals surface area contributed by atoms with E-state index in [4.69, 9.17) is 10.5 Å². The molecule has 1 atom stereocenters. The summed E-state index contributed by atoms with van der Waals surface area (Å²) in [4.78, 5) is 0. The van der Waals surface area contributed by atoms with E-state index in [0.29, 0.717) is 6.54 Å². The summed E-state index contributed by atoms with van der Waals surface area (Å²) >= 11 is 0. The zero-order valence-corrected chi connectivity index (χ0v) is 7.96. The fourth-order valence-electron chi connectivity index (χ4n) is 1.27. The van der Waals surface area contributed by atoms with Gasteiger partial charge in [0.05, 0.1) is 0 Å². The first-order chi connectivity index (χ1) is 5.90. The fourth-order valence-corrected chi connectivity index (χ4v) is 1.27. The number of para-hydroxylation sites is 1. The maximum atomic E-state index is 5.57. The molecule has 0 aliphatic carbocycles. The Kier molecular flexibility index (Phi) is 3.34. The van der Waals surface area contributed by atoms with Crippen LogP contribution in [0.3, 0.4) is 0 Å². The van der Waals surface area contributed by atoms with Crippen molar-refractivity contribution in [2.75, 3.05) is 6.54 Å². The van der Waals surface area contributed by atoms with E-state index in [1.807, 2.05) is 30.3 Å². The third-order valence-corrected chi connectivity index (χ3v) is 1.92. The summed E-state index contributed by atoms with van der Waals surface area (Å²) in [6.45, 7) is 0.533. The monoisotopic (exact) mass is 197 g/mol. The van der Waals surface area contributed by atoms with Crippen LogP contribution in [0.2, 0.25) is 0 Å². The number of halogens is 1. The van der Waals surface area contributed by atoms with Crippen LogP contribution in [0.15, 0.2) is 30.3 Å². The van der Waals surface area contributed by atoms with Gasteiger partial charge in [0.25, 0.3) is 0 Å². The van der Waals surface area contributed by atoms with E-state index < -0.39 is 0 Å². The van der Waals surface area contributed by atoms with Gasteiger partial charge in [-0.25, -0.2) is 0 Å². The summed E-state index contributed by atoms with van der Waals surface area (Å²) in [6.07, 6.45) is 4.08. The van der Waals surface area contributed by atoms with Crippen molar-refractivity contribution in [3.8, 4) is 5.75 Å². The van der Waals surface area contributed by atoms with Gasteiger partial charge in [-0.15, -0.1) is 12.4 Å². The minimum Gasteiger partial charge on any atom is -0.484 e. The molecule has 1 aromatic carbocycles. The van der Waals surface area contributed by atoms with Gasteiger partial charge in [-0.2, -0.15) is 0 Å². The summed E-state index contributed by atoms with van der Waals surface area (Å²) in [7, 11) is 0. The Bertz CT molecular complexity index is 312. The van der Waals surface area contributed by atoms with E-state index in [1.54, 1.807) is 0 Å². The quantitative estimate of drug-likeness (QED) is 0.746. The van der Waals surface area contributed by atoms with Crippen molar-refractivity contribution in [3.05, 3.63) is 35.9 Å². The van der Waals surface area contributed by atoms with E-state index in [1.165, 1.54) is 0 Å². The van der Waals surface area contributed by atoms with Crippen LogP contribution in [0.5, 0.6) is 5.75 Å². The summed E-state index contributed by atoms with van der Waals surface area (Å²) in [5, 5.41) is 0. The van der Waals surface area contributed by atoms with E-state index in [2.05, 4.69) is 6.08 Å². The van der Waals surface area contributed by atoms with Gasteiger partial charge in [-0.3, -0.25) is 0 Å². The molecule has 3 heteroatoms. The predicted octanol–water partition coefficient (Wildman–Crippen LogP) is 1.84. The van der Waals surface area contributed by atoms with Crippen LogP contribution in [-0.2, 0) is 0 Å². The van der Waals surface area contributed by atoms with Crippen LogP contribution >= 0.6 is 12.4 Å². The molecule has 2 rings (SSSR count). The molecule has 0 fully saturated rings. The second-order valence-electron chi connectivity index (χ2n) is 2.79. The first kappa shape index (κ1) is 10.1. The first-order valence-corrected chi connectivity index (χ1v) is 4.04. The molecule has 13 heavy (non-hydrogen) atoms. The molecule has 1 unspecified atom stereocenters. The highest BCUT2D eigenvalue weighted by molar-refractivity contribution is 5.85. The molecule has 0 amide bonds. The van der Waals surface area contributed by atoms with Gasteiger partial charge in [0.15, 0.2) is 0 Å². The number of fused-ring (bicyclic) bond motifs is 1. The number of hydrogen-bond donors (Lipinski definition) is 1. The molecular formula is C10H12ClNO. The number of rotatable bonds is 1. The molecule has 0 radical (unpaired) electrons. The van der Waals surface area contributed by atoms with E-state index in [0.717, 1.165) is 11.3 Å². The van der Waals surface area contributed by atoms with E-state index in [9.17, 15) is 0 Å². The molecule has 0 bridgehead atoms. The predicted molar refractivity (Wildman–Crippen MR) is 56.2 cm³/mol. The van der Waals surface area contributed by atoms with Crippen molar-refractivity contribution < 1.29 is 4.74 Å². The summed E-state index contributed by atoms with van der Waals surface area (Å²) in [5.74, 6) is 0.926. The molecule has 0 saturated carbocycles. The van der Waals surface area contributed by atoms with Crippen LogP contribution in [0.4, 0.5) is 0 Å². The molecule has 1 heterocycles. The highest BCUT2D eigenvalue weighted by Crippen LogP contribution is 2.24. The average molecular weight is 198 g/mol. The summed E-state index contributed by atoms with van der Waals surface area (Å²) in [5.41, 5.74) is 6.61. The minimum absolute atomic E-state index is 0. The zero-order valence-electron chi connectivity index (χ0n) is 7.14. The normalized spacial score (nSPS) is 18.4. The lowest BCUT2D eigenvalue weighted by atomic mass is 10.1. The van der Waals surface area contributed by atoms with Gasteiger partial charge in [0, 0.05) is 12.1 Å². The molecule has 1 aliphatic heterocycles. The van der Waals surface area contributed by atoms with Crippen LogP contribution in [0.25, 0.3) is 6.08 Å². The van der Waals surface area contributed by atoms with Gasteiger partial charge in [0.2, 0.25) is 0 Å². The maximum Gasteiger partial charge on any atom is 0.129 e. The topological polar surface area (TPSA) is 35.2 Å². The van der Waals surface area contributed by atoms with Gasteiger partial charge in [-0.05, 0) is 12.1 Å². The molecule has 0 saturated heterocycles. The fraction of sp³-hybridized carbons (Fsp3) is 0.200. The van der Waals surface area contributed by atoms with Gasteiger partial charge in [0.1, 0.15) is 11.9 Å². The van der Waals surface area contributed by atoms with Gasteiger partial charge >= 0.3 is 0 Å². The Morgan fingerprint density at radius 2 is 2.08 bits per heavy atom. The number of ether oxygens (including phenoxy) is 1. The molecule has 1 aliphatic rings. The van der Waals surface area contributed by atoms with Gasteiger partial charge in [-0.1, -0.05) is 24.3 Å². The van der Waals surface area contributed by atoms with Crippen LogP contribution in [0, 0.1) is 0 Å². The highest BCUT2D eigenvalue weighted by atomic mass is 35.5. The Hall–Kier alpha value is -0.990. The standard InChI is InChI=1S/C10H11NO.ClH/c11-7-9-6-5-8-3-1-2-4-10(8)12-9;/h1-6,9H,7,11H2;1H. The van der Waals surface area contributed by atoms with Crippen molar-refractivity contribution in [2.24, 2.45) is 5.73 Å². The third-order valence-electron chi connectivity index (χ3n) is 1.92. The molecule has 2 nitrogen and oxygen atoms in total. The van der Waals surface area contributed by atoms with Crippen molar-refractivity contribution in [2.45, 2.75) is 6.10 Å². The van der Waals surface area contributed by atoms with Crippen LogP contribution in [-0.4, -0.2) is 12.6 Å². The molecule has 0 aromatic heterocycles. The van der Waals surface area contributed by atoms with E-state index >= 15 is 0 Å². The Labute approximate surface area is 83.8 Å². The number of hydrogen-bond acceptors (Lipinski definition) is 2. The Morgan fingerprint density at radius 3 is 2.85 bits per heavy atom. The van der Waals surface area contributed by atoms with E-state index in [-0.39, 0.29) is 18.5 Å². The lowest BCUT2D eigenvalue weighted by Gasteiger charge is -2.19. The number of nitrogens with two attached hydrogens (primary N) is 1. The Morgan fingerprint density at radius 1 is 1.31 bits per heavy atom. The smallest absolute Gasteiger partial charge is 0.129 e. The Balaban J connectivity index is 0.000000845. The first-order valence-electron chi connectivity index (χ1n) is 4.04. The molecule has 0 spiro atoms. The lowest BCUT2D eigenvalue weighted by molar-refractivity contribution is 0.254. The molecule has 70 valence electrons. The molecule has 2 N–H and O–H groups in total. The summed E-state index contributed by atoms with van der Waals surface area (Å²) in [6, 6.07) is 7.95. The minimum atomic E-state index is 0. The lowest BCUT2D eigenvalue weighted by Crippen LogP contribution is -2.26.